The Labute approximate surface area is 210 Å². The van der Waals surface area contributed by atoms with Gasteiger partial charge in [0.1, 0.15) is 12.3 Å². The number of anilines is 2. The van der Waals surface area contributed by atoms with Gasteiger partial charge in [0.15, 0.2) is 11.5 Å². The van der Waals surface area contributed by atoms with E-state index in [-0.39, 0.29) is 10.6 Å². The van der Waals surface area contributed by atoms with Gasteiger partial charge in [-0.2, -0.15) is 0 Å². The normalized spacial score (nSPS) is 11.0. The van der Waals surface area contributed by atoms with Gasteiger partial charge in [0, 0.05) is 16.8 Å². The lowest BCUT2D eigenvalue weighted by atomic mass is 10.2. The second kappa shape index (κ2) is 11.3. The van der Waals surface area contributed by atoms with Gasteiger partial charge >= 0.3 is 0 Å². The smallest absolute Gasteiger partial charge is 0.264 e. The van der Waals surface area contributed by atoms with E-state index in [0.717, 1.165) is 9.87 Å². The van der Waals surface area contributed by atoms with Crippen molar-refractivity contribution in [2.24, 2.45) is 0 Å². The van der Waals surface area contributed by atoms with E-state index >= 15 is 0 Å². The van der Waals surface area contributed by atoms with Gasteiger partial charge < -0.3 is 19.5 Å². The molecule has 35 heavy (non-hydrogen) atoms. The van der Waals surface area contributed by atoms with Crippen molar-refractivity contribution >= 4 is 38.9 Å². The van der Waals surface area contributed by atoms with Crippen LogP contribution < -0.4 is 23.8 Å². The number of carbonyl (C=O) groups excluding carboxylic acids is 1. The molecule has 0 unspecified atom stereocenters. The topological polar surface area (TPSA) is 94.2 Å². The van der Waals surface area contributed by atoms with Gasteiger partial charge in [0.25, 0.3) is 10.0 Å². The molecule has 3 aromatic rings. The summed E-state index contributed by atoms with van der Waals surface area (Å²) in [5.74, 6) is 0.680. The molecule has 1 amide bonds. The average molecular weight is 519 g/mol. The number of halogens is 1. The first-order chi connectivity index (χ1) is 16.7. The molecule has 0 saturated carbocycles. The molecule has 0 aromatic heterocycles. The summed E-state index contributed by atoms with van der Waals surface area (Å²) < 4.78 is 44.4. The molecule has 1 N–H and O–H groups in total. The lowest BCUT2D eigenvalue weighted by molar-refractivity contribution is -0.114. The van der Waals surface area contributed by atoms with Crippen molar-refractivity contribution < 1.29 is 27.4 Å². The van der Waals surface area contributed by atoms with E-state index in [4.69, 9.17) is 25.8 Å². The molecule has 0 aliphatic carbocycles. The van der Waals surface area contributed by atoms with Crippen molar-refractivity contribution in [3.63, 3.8) is 0 Å². The third-order valence-electron chi connectivity index (χ3n) is 5.14. The molecule has 0 spiro atoms. The zero-order valence-electron chi connectivity index (χ0n) is 19.9. The number of hydrogen-bond acceptors (Lipinski definition) is 6. The molecule has 0 bridgehead atoms. The molecule has 0 aliphatic heterocycles. The Bertz CT molecular complexity index is 1300. The van der Waals surface area contributed by atoms with Gasteiger partial charge in [-0.05, 0) is 67.9 Å². The van der Waals surface area contributed by atoms with Gasteiger partial charge in [-0.1, -0.05) is 17.7 Å². The number of nitrogens with one attached hydrogen (secondary N) is 1. The number of rotatable bonds is 10. The van der Waals surface area contributed by atoms with E-state index in [2.05, 4.69) is 5.32 Å². The second-order valence-corrected chi connectivity index (χ2v) is 9.76. The van der Waals surface area contributed by atoms with Crippen LogP contribution in [0.1, 0.15) is 12.5 Å². The highest BCUT2D eigenvalue weighted by Crippen LogP contribution is 2.33. The minimum absolute atomic E-state index is 0.0595. The van der Waals surface area contributed by atoms with E-state index in [1.54, 1.807) is 42.5 Å². The Morgan fingerprint density at radius 1 is 0.971 bits per heavy atom. The van der Waals surface area contributed by atoms with Gasteiger partial charge in [-0.25, -0.2) is 8.42 Å². The van der Waals surface area contributed by atoms with E-state index in [9.17, 15) is 13.2 Å². The molecule has 3 aromatic carbocycles. The summed E-state index contributed by atoms with van der Waals surface area (Å²) in [7, 11) is -1.30. The van der Waals surface area contributed by atoms with E-state index in [0.29, 0.717) is 34.5 Å². The summed E-state index contributed by atoms with van der Waals surface area (Å²) in [5.41, 5.74) is 1.58. The molecule has 8 nitrogen and oxygen atoms in total. The Morgan fingerprint density at radius 2 is 1.66 bits per heavy atom. The maximum atomic E-state index is 13.7. The molecule has 0 radical (unpaired) electrons. The van der Waals surface area contributed by atoms with Crippen LogP contribution in [0.3, 0.4) is 0 Å². The number of aryl methyl sites for hydroxylation is 1. The molecule has 0 aliphatic rings. The van der Waals surface area contributed by atoms with Gasteiger partial charge in [-0.3, -0.25) is 9.10 Å². The fourth-order valence-corrected chi connectivity index (χ4v) is 4.95. The molecule has 3 rings (SSSR count). The Morgan fingerprint density at radius 3 is 2.29 bits per heavy atom. The number of hydrogen-bond donors (Lipinski definition) is 1. The Hall–Kier alpha value is -3.43. The lowest BCUT2D eigenvalue weighted by Crippen LogP contribution is -2.38. The molecule has 0 saturated heterocycles. The molecule has 0 atom stereocenters. The summed E-state index contributed by atoms with van der Waals surface area (Å²) in [4.78, 5) is 12.9. The average Bonchev–Trinajstić information content (AvgIpc) is 2.85. The van der Waals surface area contributed by atoms with Crippen LogP contribution >= 0.6 is 11.6 Å². The van der Waals surface area contributed by atoms with Crippen LogP contribution in [-0.2, 0) is 14.8 Å². The maximum absolute atomic E-state index is 13.7. The first-order valence-corrected chi connectivity index (χ1v) is 12.5. The van der Waals surface area contributed by atoms with Crippen LogP contribution in [-0.4, -0.2) is 41.7 Å². The van der Waals surface area contributed by atoms with Gasteiger partial charge in [-0.15, -0.1) is 0 Å². The van der Waals surface area contributed by atoms with Crippen LogP contribution in [0.4, 0.5) is 11.4 Å². The van der Waals surface area contributed by atoms with Gasteiger partial charge in [0.2, 0.25) is 5.91 Å². The van der Waals surface area contributed by atoms with Crippen molar-refractivity contribution in [3.8, 4) is 17.2 Å². The van der Waals surface area contributed by atoms with Crippen molar-refractivity contribution in [3.05, 3.63) is 71.2 Å². The SMILES string of the molecule is CCOc1ccc(N(CC(=O)Nc2cc(Cl)ccc2C)S(=O)(=O)c2ccc(OC)c(OC)c2)cc1. The molecule has 186 valence electrons. The van der Waals surface area contributed by atoms with E-state index in [1.165, 1.54) is 32.4 Å². The summed E-state index contributed by atoms with van der Waals surface area (Å²) in [6, 6.07) is 15.8. The molecule has 10 heteroatoms. The van der Waals surface area contributed by atoms with Crippen LogP contribution in [0.2, 0.25) is 5.02 Å². The Balaban J connectivity index is 2.00. The van der Waals surface area contributed by atoms with Crippen molar-refractivity contribution in [2.45, 2.75) is 18.7 Å². The fraction of sp³-hybridized carbons (Fsp3) is 0.240. The quantitative estimate of drug-likeness (QED) is 0.410. The van der Waals surface area contributed by atoms with Crippen molar-refractivity contribution in [1.82, 2.24) is 0 Å². The van der Waals surface area contributed by atoms with Crippen LogP contribution in [0.25, 0.3) is 0 Å². The molecular formula is C25H27ClN2O6S. The highest BCUT2D eigenvalue weighted by molar-refractivity contribution is 7.92. The van der Waals surface area contributed by atoms with Crippen molar-refractivity contribution in [1.29, 1.82) is 0 Å². The fourth-order valence-electron chi connectivity index (χ4n) is 3.34. The third-order valence-corrected chi connectivity index (χ3v) is 7.14. The van der Waals surface area contributed by atoms with Crippen molar-refractivity contribution in [2.75, 3.05) is 37.0 Å². The molecule has 0 heterocycles. The minimum Gasteiger partial charge on any atom is -0.494 e. The number of methoxy groups -OCH3 is 2. The zero-order valence-corrected chi connectivity index (χ0v) is 21.4. The zero-order chi connectivity index (χ0) is 25.6. The first kappa shape index (κ1) is 26.2. The van der Waals surface area contributed by atoms with Crippen LogP contribution in [0.5, 0.6) is 17.2 Å². The highest BCUT2D eigenvalue weighted by Gasteiger charge is 2.28. The lowest BCUT2D eigenvalue weighted by Gasteiger charge is -2.25. The summed E-state index contributed by atoms with van der Waals surface area (Å²) in [5, 5.41) is 3.20. The monoisotopic (exact) mass is 518 g/mol. The number of amides is 1. The predicted octanol–water partition coefficient (Wildman–Crippen LogP) is 4.90. The standard InChI is InChI=1S/C25H27ClN2O6S/c1-5-34-20-10-8-19(9-11-20)28(16-25(29)27-22-14-18(26)7-6-17(22)2)35(30,31)21-12-13-23(32-3)24(15-21)33-4/h6-15H,5,16H2,1-4H3,(H,27,29). The number of nitrogens with zero attached hydrogens (tertiary/aromatic N) is 1. The van der Waals surface area contributed by atoms with Gasteiger partial charge in [0.05, 0.1) is 31.4 Å². The highest BCUT2D eigenvalue weighted by atomic mass is 35.5. The third kappa shape index (κ3) is 6.17. The van der Waals surface area contributed by atoms with E-state index < -0.39 is 22.5 Å². The summed E-state index contributed by atoms with van der Waals surface area (Å²) >= 11 is 6.06. The van der Waals surface area contributed by atoms with E-state index in [1.807, 2.05) is 13.8 Å². The molecule has 0 fully saturated rings. The molecular weight excluding hydrogens is 492 g/mol. The number of sulfonamides is 1. The largest absolute Gasteiger partial charge is 0.494 e. The summed E-state index contributed by atoms with van der Waals surface area (Å²) in [6.45, 7) is 3.66. The van der Waals surface area contributed by atoms with Crippen LogP contribution in [0.15, 0.2) is 65.6 Å². The number of benzene rings is 3. The predicted molar refractivity (Wildman–Crippen MR) is 137 cm³/mol. The maximum Gasteiger partial charge on any atom is 0.264 e. The second-order valence-electron chi connectivity index (χ2n) is 7.46. The number of ether oxygens (including phenoxy) is 3. The Kier molecular flexibility index (Phi) is 8.48. The first-order valence-electron chi connectivity index (χ1n) is 10.7. The summed E-state index contributed by atoms with van der Waals surface area (Å²) in [6.07, 6.45) is 0. The minimum atomic E-state index is -4.17. The number of carbonyl (C=O) groups is 1. The van der Waals surface area contributed by atoms with Crippen LogP contribution in [0, 0.1) is 6.92 Å².